The topological polar surface area (TPSA) is 93.5 Å². The van der Waals surface area contributed by atoms with Crippen LogP contribution in [-0.4, -0.2) is 81.4 Å². The number of piperazine rings is 1. The maximum absolute atomic E-state index is 9.27. The second-order valence-corrected chi connectivity index (χ2v) is 10.1. The summed E-state index contributed by atoms with van der Waals surface area (Å²) in [6.45, 7) is 5.15. The Labute approximate surface area is 215 Å². The standard InChI is InChI=1S/C28H30N8O/c37-13-12-35-17-24-15-23(35)18-36(24)22-5-3-21(4-6-22)31-27-29-9-8-26(32-27)19-2-7-25-20(14-19)16-30-28(33-25)34-10-1-11-34/h2-9,14,16,23-24,37H,1,10-13,15,17-18H2,(H,29,31,32)/t23?,24-/m0/s1. The molecule has 1 unspecified atom stereocenters. The quantitative estimate of drug-likeness (QED) is 0.401. The van der Waals surface area contributed by atoms with Crippen molar-refractivity contribution in [1.82, 2.24) is 24.8 Å². The lowest BCUT2D eigenvalue weighted by molar-refractivity contribution is 0.177. The van der Waals surface area contributed by atoms with Gasteiger partial charge in [-0.1, -0.05) is 6.07 Å². The van der Waals surface area contributed by atoms with E-state index in [1.165, 1.54) is 18.5 Å². The highest BCUT2D eigenvalue weighted by Gasteiger charge is 2.42. The van der Waals surface area contributed by atoms with E-state index in [9.17, 15) is 5.11 Å². The van der Waals surface area contributed by atoms with Gasteiger partial charge in [0.25, 0.3) is 0 Å². The zero-order valence-electron chi connectivity index (χ0n) is 20.7. The molecule has 2 aromatic carbocycles. The average molecular weight is 495 g/mol. The molecule has 0 saturated carbocycles. The Morgan fingerprint density at radius 2 is 1.84 bits per heavy atom. The van der Waals surface area contributed by atoms with E-state index in [4.69, 9.17) is 9.97 Å². The Kier molecular flexibility index (Phi) is 5.59. The molecule has 9 heteroatoms. The predicted octanol–water partition coefficient (Wildman–Crippen LogP) is 3.30. The minimum Gasteiger partial charge on any atom is -0.395 e. The monoisotopic (exact) mass is 494 g/mol. The molecule has 0 aliphatic carbocycles. The van der Waals surface area contributed by atoms with Gasteiger partial charge in [0.15, 0.2) is 0 Å². The molecule has 188 valence electrons. The van der Waals surface area contributed by atoms with Crippen molar-refractivity contribution in [2.75, 3.05) is 54.4 Å². The molecule has 2 N–H and O–H groups in total. The summed E-state index contributed by atoms with van der Waals surface area (Å²) in [4.78, 5) is 25.6. The van der Waals surface area contributed by atoms with E-state index in [1.54, 1.807) is 6.20 Å². The lowest BCUT2D eigenvalue weighted by Gasteiger charge is -2.35. The fourth-order valence-corrected chi connectivity index (χ4v) is 5.76. The van der Waals surface area contributed by atoms with Crippen molar-refractivity contribution in [3.05, 3.63) is 60.9 Å². The largest absolute Gasteiger partial charge is 0.395 e. The number of aliphatic hydroxyl groups excluding tert-OH is 1. The zero-order chi connectivity index (χ0) is 24.8. The van der Waals surface area contributed by atoms with E-state index in [0.717, 1.165) is 66.5 Å². The van der Waals surface area contributed by atoms with Crippen LogP contribution in [0.1, 0.15) is 12.8 Å². The molecule has 37 heavy (non-hydrogen) atoms. The van der Waals surface area contributed by atoms with Gasteiger partial charge in [-0.05, 0) is 55.3 Å². The lowest BCUT2D eigenvalue weighted by atomic mass is 10.1. The average Bonchev–Trinajstić information content (AvgIpc) is 3.49. The van der Waals surface area contributed by atoms with Crippen molar-refractivity contribution in [2.24, 2.45) is 0 Å². The minimum atomic E-state index is 0.238. The number of nitrogens with one attached hydrogen (secondary N) is 1. The number of anilines is 4. The van der Waals surface area contributed by atoms with Crippen LogP contribution in [0, 0.1) is 0 Å². The van der Waals surface area contributed by atoms with E-state index < -0.39 is 0 Å². The molecule has 3 saturated heterocycles. The van der Waals surface area contributed by atoms with Gasteiger partial charge in [0, 0.05) is 79.5 Å². The first-order chi connectivity index (χ1) is 18.2. The highest BCUT2D eigenvalue weighted by molar-refractivity contribution is 5.84. The number of aliphatic hydroxyl groups is 1. The predicted molar refractivity (Wildman–Crippen MR) is 145 cm³/mol. The first-order valence-corrected chi connectivity index (χ1v) is 13.1. The fourth-order valence-electron chi connectivity index (χ4n) is 5.76. The first-order valence-electron chi connectivity index (χ1n) is 13.1. The molecule has 0 amide bonds. The van der Waals surface area contributed by atoms with Gasteiger partial charge in [-0.2, -0.15) is 0 Å². The van der Waals surface area contributed by atoms with Crippen LogP contribution in [0.4, 0.5) is 23.3 Å². The molecule has 3 fully saturated rings. The Morgan fingerprint density at radius 1 is 0.946 bits per heavy atom. The fraction of sp³-hybridized carbons (Fsp3) is 0.357. The first kappa shape index (κ1) is 22.4. The highest BCUT2D eigenvalue weighted by Crippen LogP contribution is 2.35. The van der Waals surface area contributed by atoms with Crippen molar-refractivity contribution in [3.63, 3.8) is 0 Å². The summed E-state index contributed by atoms with van der Waals surface area (Å²) in [5, 5.41) is 13.6. The minimum absolute atomic E-state index is 0.238. The number of fused-ring (bicyclic) bond motifs is 3. The Bertz CT molecular complexity index is 1420. The zero-order valence-corrected chi connectivity index (χ0v) is 20.7. The lowest BCUT2D eigenvalue weighted by Crippen LogP contribution is -2.47. The van der Waals surface area contributed by atoms with Gasteiger partial charge in [0.2, 0.25) is 11.9 Å². The SMILES string of the molecule is OCCN1C[C@@H]2CC1CN2c1ccc(Nc2nccc(-c3ccc4nc(N5CCC5)ncc4c3)n2)cc1. The van der Waals surface area contributed by atoms with E-state index in [-0.39, 0.29) is 6.61 Å². The molecule has 2 bridgehead atoms. The maximum atomic E-state index is 9.27. The molecule has 9 nitrogen and oxygen atoms in total. The summed E-state index contributed by atoms with van der Waals surface area (Å²) >= 11 is 0. The third kappa shape index (κ3) is 4.24. The molecule has 0 spiro atoms. The van der Waals surface area contributed by atoms with Crippen LogP contribution in [0.15, 0.2) is 60.9 Å². The van der Waals surface area contributed by atoms with Crippen LogP contribution in [-0.2, 0) is 0 Å². The molecule has 2 atom stereocenters. The van der Waals surface area contributed by atoms with Crippen molar-refractivity contribution < 1.29 is 5.11 Å². The van der Waals surface area contributed by atoms with Crippen LogP contribution in [0.5, 0.6) is 0 Å². The number of hydrogen-bond acceptors (Lipinski definition) is 9. The van der Waals surface area contributed by atoms with Gasteiger partial charge in [-0.25, -0.2) is 19.9 Å². The van der Waals surface area contributed by atoms with E-state index in [1.807, 2.05) is 18.3 Å². The number of benzene rings is 2. The molecule has 4 aromatic rings. The van der Waals surface area contributed by atoms with Crippen LogP contribution in [0.2, 0.25) is 0 Å². The summed E-state index contributed by atoms with van der Waals surface area (Å²) in [6.07, 6.45) is 6.07. The van der Waals surface area contributed by atoms with Crippen LogP contribution >= 0.6 is 0 Å². The summed E-state index contributed by atoms with van der Waals surface area (Å²) in [6, 6.07) is 17.7. The van der Waals surface area contributed by atoms with Crippen LogP contribution in [0.3, 0.4) is 0 Å². The summed E-state index contributed by atoms with van der Waals surface area (Å²) < 4.78 is 0. The van der Waals surface area contributed by atoms with Gasteiger partial charge < -0.3 is 20.2 Å². The van der Waals surface area contributed by atoms with Crippen molar-refractivity contribution in [1.29, 1.82) is 0 Å². The second-order valence-electron chi connectivity index (χ2n) is 10.1. The van der Waals surface area contributed by atoms with Gasteiger partial charge >= 0.3 is 0 Å². The molecule has 2 aromatic heterocycles. The third-order valence-electron chi connectivity index (χ3n) is 7.85. The Morgan fingerprint density at radius 3 is 2.59 bits per heavy atom. The number of aromatic nitrogens is 4. The van der Waals surface area contributed by atoms with Gasteiger partial charge in [0.05, 0.1) is 17.8 Å². The van der Waals surface area contributed by atoms with E-state index in [0.29, 0.717) is 18.0 Å². The third-order valence-corrected chi connectivity index (χ3v) is 7.85. The Balaban J connectivity index is 1.05. The number of nitrogens with zero attached hydrogens (tertiary/aromatic N) is 7. The number of β-amino-alcohol motifs (C(OH)–C–C–N with tert-alkyl or cyclic N) is 1. The molecule has 5 heterocycles. The Hall–Kier alpha value is -3.82. The molecular formula is C28H30N8O. The number of rotatable bonds is 7. The summed E-state index contributed by atoms with van der Waals surface area (Å²) in [7, 11) is 0. The van der Waals surface area contributed by atoms with Crippen molar-refractivity contribution in [2.45, 2.75) is 24.9 Å². The molecule has 3 aliphatic heterocycles. The summed E-state index contributed by atoms with van der Waals surface area (Å²) in [5.74, 6) is 1.38. The number of likely N-dealkylation sites (tertiary alicyclic amines) is 1. The van der Waals surface area contributed by atoms with Crippen molar-refractivity contribution >= 4 is 34.2 Å². The normalized spacial score (nSPS) is 21.0. The van der Waals surface area contributed by atoms with Gasteiger partial charge in [-0.3, -0.25) is 4.90 Å². The molecule has 7 rings (SSSR count). The smallest absolute Gasteiger partial charge is 0.227 e. The number of hydrogen-bond donors (Lipinski definition) is 2. The van der Waals surface area contributed by atoms with E-state index >= 15 is 0 Å². The molecule has 0 radical (unpaired) electrons. The van der Waals surface area contributed by atoms with Gasteiger partial charge in [-0.15, -0.1) is 0 Å². The molecular weight excluding hydrogens is 464 g/mol. The highest BCUT2D eigenvalue weighted by atomic mass is 16.3. The van der Waals surface area contributed by atoms with Crippen LogP contribution in [0.25, 0.3) is 22.2 Å². The van der Waals surface area contributed by atoms with E-state index in [2.05, 4.69) is 66.4 Å². The van der Waals surface area contributed by atoms with Gasteiger partial charge in [0.1, 0.15) is 0 Å². The van der Waals surface area contributed by atoms with Crippen molar-refractivity contribution in [3.8, 4) is 11.3 Å². The van der Waals surface area contributed by atoms with Crippen LogP contribution < -0.4 is 15.1 Å². The summed E-state index contributed by atoms with van der Waals surface area (Å²) in [5.41, 5.74) is 5.00. The second kappa shape index (κ2) is 9.24. The maximum Gasteiger partial charge on any atom is 0.227 e. The molecule has 3 aliphatic rings.